The Morgan fingerprint density at radius 3 is 2.26 bits per heavy atom. The molecule has 1 aromatic carbocycles. The molecular weight excluding hydrogens is 260 g/mol. The van der Waals surface area contributed by atoms with E-state index in [4.69, 9.17) is 5.73 Å². The number of anilines is 1. The predicted molar refractivity (Wildman–Crippen MR) is 77.5 cm³/mol. The molecule has 0 aromatic heterocycles. The first-order valence-corrected chi connectivity index (χ1v) is 8.13. The summed E-state index contributed by atoms with van der Waals surface area (Å²) in [6.07, 6.45) is 3.91. The van der Waals surface area contributed by atoms with Crippen LogP contribution in [0.4, 0.5) is 5.69 Å². The molecule has 0 atom stereocenters. The zero-order valence-electron chi connectivity index (χ0n) is 11.8. The monoisotopic (exact) mass is 282 g/mol. The van der Waals surface area contributed by atoms with Crippen molar-refractivity contribution in [1.29, 1.82) is 0 Å². The van der Waals surface area contributed by atoms with E-state index in [1.807, 2.05) is 19.9 Å². The number of benzene rings is 1. The first-order chi connectivity index (χ1) is 8.75. The van der Waals surface area contributed by atoms with Gasteiger partial charge in [0.2, 0.25) is 10.0 Å². The van der Waals surface area contributed by atoms with Crippen LogP contribution in [0.5, 0.6) is 0 Å². The Bertz CT molecular complexity index is 588. The normalized spacial score (nSPS) is 18.7. The van der Waals surface area contributed by atoms with Gasteiger partial charge in [0, 0.05) is 5.54 Å². The van der Waals surface area contributed by atoms with Crippen LogP contribution in [0, 0.1) is 13.8 Å². The van der Waals surface area contributed by atoms with Crippen molar-refractivity contribution in [2.75, 3.05) is 5.73 Å². The van der Waals surface area contributed by atoms with Gasteiger partial charge in [-0.25, -0.2) is 13.1 Å². The van der Waals surface area contributed by atoms with Crippen LogP contribution in [0.15, 0.2) is 17.0 Å². The van der Waals surface area contributed by atoms with E-state index < -0.39 is 10.0 Å². The third-order valence-corrected chi connectivity index (χ3v) is 5.81. The first-order valence-electron chi connectivity index (χ1n) is 6.65. The molecule has 106 valence electrons. The maximum Gasteiger partial charge on any atom is 0.243 e. The van der Waals surface area contributed by atoms with Crippen LogP contribution in [0.25, 0.3) is 0 Å². The van der Waals surface area contributed by atoms with Crippen molar-refractivity contribution >= 4 is 15.7 Å². The van der Waals surface area contributed by atoms with E-state index in [2.05, 4.69) is 4.72 Å². The standard InChI is InChI=1S/C14H22N2O2S/c1-10-6-7-11(2)13(12(10)15)19(17,18)16-14(3)8-4-5-9-14/h6-7,16H,4-5,8-9,15H2,1-3H3. The maximum absolute atomic E-state index is 12.6. The van der Waals surface area contributed by atoms with Gasteiger partial charge in [-0.3, -0.25) is 0 Å². The molecule has 4 nitrogen and oxygen atoms in total. The summed E-state index contributed by atoms with van der Waals surface area (Å²) < 4.78 is 28.0. The average Bonchev–Trinajstić information content (AvgIpc) is 2.69. The number of hydrogen-bond donors (Lipinski definition) is 2. The van der Waals surface area contributed by atoms with Crippen molar-refractivity contribution in [3.63, 3.8) is 0 Å². The van der Waals surface area contributed by atoms with Gasteiger partial charge < -0.3 is 5.73 Å². The Kier molecular flexibility index (Phi) is 3.62. The third kappa shape index (κ3) is 2.77. The SMILES string of the molecule is Cc1ccc(C)c(S(=O)(=O)NC2(C)CCCC2)c1N. The van der Waals surface area contributed by atoms with Gasteiger partial charge >= 0.3 is 0 Å². The molecule has 0 spiro atoms. The van der Waals surface area contributed by atoms with E-state index in [1.54, 1.807) is 13.0 Å². The van der Waals surface area contributed by atoms with Gasteiger partial charge in [0.15, 0.2) is 0 Å². The van der Waals surface area contributed by atoms with Gasteiger partial charge in [0.05, 0.1) is 5.69 Å². The quantitative estimate of drug-likeness (QED) is 0.837. The van der Waals surface area contributed by atoms with Gasteiger partial charge in [-0.1, -0.05) is 25.0 Å². The Labute approximate surface area is 115 Å². The van der Waals surface area contributed by atoms with Gasteiger partial charge in [0.1, 0.15) is 4.90 Å². The van der Waals surface area contributed by atoms with Crippen molar-refractivity contribution < 1.29 is 8.42 Å². The topological polar surface area (TPSA) is 72.2 Å². The van der Waals surface area contributed by atoms with Gasteiger partial charge in [-0.15, -0.1) is 0 Å². The molecule has 0 unspecified atom stereocenters. The van der Waals surface area contributed by atoms with Crippen LogP contribution in [-0.2, 0) is 10.0 Å². The molecule has 0 bridgehead atoms. The second kappa shape index (κ2) is 4.80. The van der Waals surface area contributed by atoms with Crippen LogP contribution in [0.1, 0.15) is 43.7 Å². The highest BCUT2D eigenvalue weighted by Gasteiger charge is 2.34. The second-order valence-corrected chi connectivity index (χ2v) is 7.43. The molecule has 5 heteroatoms. The molecule has 1 fully saturated rings. The van der Waals surface area contributed by atoms with Crippen molar-refractivity contribution in [2.45, 2.75) is 56.9 Å². The summed E-state index contributed by atoms with van der Waals surface area (Å²) in [4.78, 5) is 0.237. The summed E-state index contributed by atoms with van der Waals surface area (Å²) in [7, 11) is -3.56. The largest absolute Gasteiger partial charge is 0.397 e. The highest BCUT2D eigenvalue weighted by atomic mass is 32.2. The number of aryl methyl sites for hydroxylation is 2. The highest BCUT2D eigenvalue weighted by Crippen LogP contribution is 2.33. The molecule has 0 saturated heterocycles. The van der Waals surface area contributed by atoms with Gasteiger partial charge in [-0.05, 0) is 44.7 Å². The zero-order chi connectivity index (χ0) is 14.3. The Balaban J connectivity index is 2.43. The molecule has 0 aliphatic heterocycles. The summed E-state index contributed by atoms with van der Waals surface area (Å²) in [6.45, 7) is 5.57. The Hall–Kier alpha value is -1.07. The van der Waals surface area contributed by atoms with E-state index >= 15 is 0 Å². The fraction of sp³-hybridized carbons (Fsp3) is 0.571. The number of sulfonamides is 1. The summed E-state index contributed by atoms with van der Waals surface area (Å²) in [5.41, 5.74) is 7.48. The Morgan fingerprint density at radius 1 is 1.16 bits per heavy atom. The lowest BCUT2D eigenvalue weighted by Gasteiger charge is -2.26. The fourth-order valence-electron chi connectivity index (χ4n) is 2.80. The van der Waals surface area contributed by atoms with Gasteiger partial charge in [0.25, 0.3) is 0 Å². The van der Waals surface area contributed by atoms with Crippen LogP contribution in [-0.4, -0.2) is 14.0 Å². The van der Waals surface area contributed by atoms with Crippen LogP contribution in [0.2, 0.25) is 0 Å². The molecule has 0 amide bonds. The van der Waals surface area contributed by atoms with Crippen LogP contribution >= 0.6 is 0 Å². The van der Waals surface area contributed by atoms with Crippen molar-refractivity contribution in [1.82, 2.24) is 4.72 Å². The molecule has 1 saturated carbocycles. The zero-order valence-corrected chi connectivity index (χ0v) is 12.6. The first kappa shape index (κ1) is 14.3. The van der Waals surface area contributed by atoms with Gasteiger partial charge in [-0.2, -0.15) is 0 Å². The molecule has 0 heterocycles. The van der Waals surface area contributed by atoms with E-state index in [0.29, 0.717) is 11.3 Å². The minimum absolute atomic E-state index is 0.237. The average molecular weight is 282 g/mol. The minimum Gasteiger partial charge on any atom is -0.397 e. The van der Waals surface area contributed by atoms with E-state index in [-0.39, 0.29) is 10.4 Å². The summed E-state index contributed by atoms with van der Waals surface area (Å²) in [5.74, 6) is 0. The molecular formula is C14H22N2O2S. The maximum atomic E-state index is 12.6. The molecule has 1 aliphatic rings. The molecule has 1 aliphatic carbocycles. The lowest BCUT2D eigenvalue weighted by atomic mass is 10.0. The summed E-state index contributed by atoms with van der Waals surface area (Å²) in [5, 5.41) is 0. The van der Waals surface area contributed by atoms with Crippen LogP contribution in [0.3, 0.4) is 0 Å². The van der Waals surface area contributed by atoms with Crippen LogP contribution < -0.4 is 10.5 Å². The number of nitrogens with two attached hydrogens (primary N) is 1. The predicted octanol–water partition coefficient (Wildman–Crippen LogP) is 2.50. The minimum atomic E-state index is -3.56. The lowest BCUT2D eigenvalue weighted by molar-refractivity contribution is 0.427. The van der Waals surface area contributed by atoms with Crippen molar-refractivity contribution in [3.8, 4) is 0 Å². The lowest BCUT2D eigenvalue weighted by Crippen LogP contribution is -2.43. The number of nitrogens with one attached hydrogen (secondary N) is 1. The van der Waals surface area contributed by atoms with E-state index in [1.165, 1.54) is 0 Å². The highest BCUT2D eigenvalue weighted by molar-refractivity contribution is 7.89. The Morgan fingerprint density at radius 2 is 1.68 bits per heavy atom. The molecule has 1 aromatic rings. The van der Waals surface area contributed by atoms with E-state index in [0.717, 1.165) is 31.2 Å². The van der Waals surface area contributed by atoms with E-state index in [9.17, 15) is 8.42 Å². The van der Waals surface area contributed by atoms with Crippen molar-refractivity contribution in [3.05, 3.63) is 23.3 Å². The molecule has 2 rings (SSSR count). The van der Waals surface area contributed by atoms with Crippen molar-refractivity contribution in [2.24, 2.45) is 0 Å². The molecule has 19 heavy (non-hydrogen) atoms. The summed E-state index contributed by atoms with van der Waals surface area (Å²) >= 11 is 0. The fourth-order valence-corrected chi connectivity index (χ4v) is 4.69. The smallest absolute Gasteiger partial charge is 0.243 e. The second-order valence-electron chi connectivity index (χ2n) is 5.82. The number of hydrogen-bond acceptors (Lipinski definition) is 3. The number of rotatable bonds is 3. The molecule has 0 radical (unpaired) electrons. The number of nitrogen functional groups attached to an aromatic ring is 1. The third-order valence-electron chi connectivity index (χ3n) is 3.97. The summed E-state index contributed by atoms with van der Waals surface area (Å²) in [6, 6.07) is 3.65. The molecule has 3 N–H and O–H groups in total.